The van der Waals surface area contributed by atoms with Gasteiger partial charge in [-0.2, -0.15) is 0 Å². The average Bonchev–Trinajstić information content (AvgIpc) is 2.39. The molecule has 0 saturated carbocycles. The quantitative estimate of drug-likeness (QED) is 0.673. The Balaban J connectivity index is 2.07. The molecule has 0 aromatic heterocycles. The van der Waals surface area contributed by atoms with Crippen LogP contribution in [0.5, 0.6) is 0 Å². The summed E-state index contributed by atoms with van der Waals surface area (Å²) in [5, 5.41) is 2.52. The molecule has 18 heavy (non-hydrogen) atoms. The van der Waals surface area contributed by atoms with E-state index in [1.807, 2.05) is 0 Å². The second-order valence-electron chi connectivity index (χ2n) is 4.77. The highest BCUT2D eigenvalue weighted by atomic mass is 79.9. The predicted octanol–water partition coefficient (Wildman–Crippen LogP) is 5.01. The molecule has 2 aromatic rings. The molecule has 3 rings (SSSR count). The lowest BCUT2D eigenvalue weighted by atomic mass is 9.97. The molecule has 0 amide bonds. The molecule has 0 bridgehead atoms. The summed E-state index contributed by atoms with van der Waals surface area (Å²) in [6.07, 6.45) is 3.32. The van der Waals surface area contributed by atoms with Crippen molar-refractivity contribution < 1.29 is 4.74 Å². The van der Waals surface area contributed by atoms with Gasteiger partial charge in [0.2, 0.25) is 0 Å². The van der Waals surface area contributed by atoms with E-state index in [9.17, 15) is 0 Å². The Morgan fingerprint density at radius 1 is 1.17 bits per heavy atom. The van der Waals surface area contributed by atoms with Gasteiger partial charge in [0.1, 0.15) is 0 Å². The fraction of sp³-hybridized carbons (Fsp3) is 0.250. The molecule has 1 unspecified atom stereocenters. The molecule has 2 heteroatoms. The Hall–Kier alpha value is -1.12. The molecule has 0 fully saturated rings. The van der Waals surface area contributed by atoms with Gasteiger partial charge in [-0.3, -0.25) is 0 Å². The van der Waals surface area contributed by atoms with E-state index in [4.69, 9.17) is 4.74 Å². The highest BCUT2D eigenvalue weighted by Gasteiger charge is 2.19. The van der Waals surface area contributed by atoms with Crippen molar-refractivity contribution in [1.82, 2.24) is 0 Å². The van der Waals surface area contributed by atoms with Gasteiger partial charge in [-0.05, 0) is 45.6 Å². The summed E-state index contributed by atoms with van der Waals surface area (Å²) in [6.45, 7) is 2.89. The molecule has 0 spiro atoms. The Bertz CT molecular complexity index is 616. The zero-order valence-corrected chi connectivity index (χ0v) is 11.9. The van der Waals surface area contributed by atoms with Crippen molar-refractivity contribution in [2.45, 2.75) is 19.4 Å². The first-order valence-electron chi connectivity index (χ1n) is 6.20. The summed E-state index contributed by atoms with van der Waals surface area (Å²) >= 11 is 3.74. The number of fused-ring (bicyclic) bond motifs is 1. The van der Waals surface area contributed by atoms with E-state index in [1.54, 1.807) is 0 Å². The van der Waals surface area contributed by atoms with E-state index in [2.05, 4.69) is 65.3 Å². The molecule has 1 aliphatic heterocycles. The zero-order chi connectivity index (χ0) is 12.5. The van der Waals surface area contributed by atoms with Crippen LogP contribution in [0.2, 0.25) is 0 Å². The molecule has 0 saturated heterocycles. The number of rotatable bonds is 1. The summed E-state index contributed by atoms with van der Waals surface area (Å²) in [6, 6.07) is 12.8. The number of benzene rings is 2. The van der Waals surface area contributed by atoms with E-state index in [0.29, 0.717) is 0 Å². The third-order valence-electron chi connectivity index (χ3n) is 3.48. The molecule has 1 aliphatic rings. The zero-order valence-electron chi connectivity index (χ0n) is 10.3. The van der Waals surface area contributed by atoms with Crippen LogP contribution >= 0.6 is 15.9 Å². The first-order valence-corrected chi connectivity index (χ1v) is 6.99. The minimum atomic E-state index is 0.175. The van der Waals surface area contributed by atoms with Gasteiger partial charge in [0, 0.05) is 4.47 Å². The topological polar surface area (TPSA) is 9.23 Å². The average molecular weight is 303 g/mol. The van der Waals surface area contributed by atoms with Gasteiger partial charge in [-0.15, -0.1) is 0 Å². The standard InChI is InChI=1S/C16H15BrO/c1-11-8-9-18-15(10-11)14-7-6-12-4-2-3-5-13(12)16(14)17/h2-8,15H,9-10H2,1H3. The van der Waals surface area contributed by atoms with Crippen molar-refractivity contribution >= 4 is 26.7 Å². The van der Waals surface area contributed by atoms with Crippen LogP contribution in [0, 0.1) is 0 Å². The number of hydrogen-bond donors (Lipinski definition) is 0. The molecule has 2 aromatic carbocycles. The fourth-order valence-corrected chi connectivity index (χ4v) is 3.19. The molecule has 92 valence electrons. The lowest BCUT2D eigenvalue weighted by Crippen LogP contribution is -2.11. The maximum atomic E-state index is 5.86. The predicted molar refractivity (Wildman–Crippen MR) is 78.7 cm³/mol. The van der Waals surface area contributed by atoms with Gasteiger partial charge in [0.05, 0.1) is 12.7 Å². The normalized spacial score (nSPS) is 19.9. The largest absolute Gasteiger partial charge is 0.369 e. The van der Waals surface area contributed by atoms with Crippen LogP contribution < -0.4 is 0 Å². The van der Waals surface area contributed by atoms with Crippen LogP contribution in [-0.2, 0) is 4.74 Å². The van der Waals surface area contributed by atoms with Crippen LogP contribution in [0.15, 0.2) is 52.5 Å². The van der Waals surface area contributed by atoms with Crippen LogP contribution in [0.1, 0.15) is 25.0 Å². The van der Waals surface area contributed by atoms with Crippen LogP contribution in [-0.4, -0.2) is 6.61 Å². The Labute approximate surface area is 116 Å². The smallest absolute Gasteiger partial charge is 0.0877 e. The number of halogens is 1. The summed E-state index contributed by atoms with van der Waals surface area (Å²) in [5.74, 6) is 0. The highest BCUT2D eigenvalue weighted by Crippen LogP contribution is 2.36. The first kappa shape index (κ1) is 11.9. The maximum Gasteiger partial charge on any atom is 0.0877 e. The van der Waals surface area contributed by atoms with E-state index in [1.165, 1.54) is 26.4 Å². The molecule has 0 aliphatic carbocycles. The monoisotopic (exact) mass is 302 g/mol. The van der Waals surface area contributed by atoms with E-state index in [-0.39, 0.29) is 6.10 Å². The van der Waals surface area contributed by atoms with Crippen molar-refractivity contribution in [3.8, 4) is 0 Å². The SMILES string of the molecule is CC1=CCOC(c2ccc3ccccc3c2Br)C1. The maximum absolute atomic E-state index is 5.86. The van der Waals surface area contributed by atoms with E-state index in [0.717, 1.165) is 13.0 Å². The van der Waals surface area contributed by atoms with Crippen molar-refractivity contribution in [1.29, 1.82) is 0 Å². The van der Waals surface area contributed by atoms with Gasteiger partial charge in [0.25, 0.3) is 0 Å². The molecule has 0 radical (unpaired) electrons. The minimum Gasteiger partial charge on any atom is -0.369 e. The molecular formula is C16H15BrO. The fourth-order valence-electron chi connectivity index (χ4n) is 2.44. The Kier molecular flexibility index (Phi) is 3.23. The molecular weight excluding hydrogens is 288 g/mol. The Morgan fingerprint density at radius 2 is 2.00 bits per heavy atom. The summed E-state index contributed by atoms with van der Waals surface area (Å²) in [5.41, 5.74) is 2.66. The van der Waals surface area contributed by atoms with Crippen molar-refractivity contribution in [3.05, 3.63) is 58.1 Å². The van der Waals surface area contributed by atoms with Crippen LogP contribution in [0.4, 0.5) is 0 Å². The Morgan fingerprint density at radius 3 is 2.83 bits per heavy atom. The number of ether oxygens (including phenoxy) is 1. The van der Waals surface area contributed by atoms with Crippen molar-refractivity contribution in [3.63, 3.8) is 0 Å². The van der Waals surface area contributed by atoms with Gasteiger partial charge in [-0.25, -0.2) is 0 Å². The minimum absolute atomic E-state index is 0.175. The van der Waals surface area contributed by atoms with Gasteiger partial charge >= 0.3 is 0 Å². The van der Waals surface area contributed by atoms with Gasteiger partial charge < -0.3 is 4.74 Å². The lowest BCUT2D eigenvalue weighted by molar-refractivity contribution is 0.0637. The summed E-state index contributed by atoms with van der Waals surface area (Å²) < 4.78 is 7.02. The van der Waals surface area contributed by atoms with Crippen LogP contribution in [0.25, 0.3) is 10.8 Å². The van der Waals surface area contributed by atoms with E-state index < -0.39 is 0 Å². The molecule has 0 N–H and O–H groups in total. The lowest BCUT2D eigenvalue weighted by Gasteiger charge is -2.23. The van der Waals surface area contributed by atoms with Crippen LogP contribution in [0.3, 0.4) is 0 Å². The first-order chi connectivity index (χ1) is 8.75. The van der Waals surface area contributed by atoms with Crippen molar-refractivity contribution in [2.24, 2.45) is 0 Å². The second-order valence-corrected chi connectivity index (χ2v) is 5.56. The third kappa shape index (κ3) is 2.11. The number of hydrogen-bond acceptors (Lipinski definition) is 1. The summed E-state index contributed by atoms with van der Waals surface area (Å²) in [7, 11) is 0. The molecule has 1 nitrogen and oxygen atoms in total. The third-order valence-corrected chi connectivity index (χ3v) is 4.36. The van der Waals surface area contributed by atoms with Gasteiger partial charge in [0.15, 0.2) is 0 Å². The second kappa shape index (κ2) is 4.87. The molecule has 1 atom stereocenters. The highest BCUT2D eigenvalue weighted by molar-refractivity contribution is 9.10. The van der Waals surface area contributed by atoms with E-state index >= 15 is 0 Å². The van der Waals surface area contributed by atoms with Crippen molar-refractivity contribution in [2.75, 3.05) is 6.61 Å². The van der Waals surface area contributed by atoms with Gasteiger partial charge in [-0.1, -0.05) is 48.0 Å². The molecule has 1 heterocycles. The summed E-state index contributed by atoms with van der Waals surface area (Å²) in [4.78, 5) is 0.